The Morgan fingerprint density at radius 1 is 0.889 bits per heavy atom. The summed E-state index contributed by atoms with van der Waals surface area (Å²) in [6.45, 7) is 2.00. The van der Waals surface area contributed by atoms with E-state index in [9.17, 15) is 9.59 Å². The average Bonchev–Trinajstić information content (AvgIpc) is 2.69. The molecule has 0 aliphatic carbocycles. The molecule has 0 bridgehead atoms. The largest absolute Gasteiger partial charge is 0.350 e. The number of pyridine rings is 1. The number of nitrogens with one attached hydrogen (secondary N) is 3. The van der Waals surface area contributed by atoms with Crippen LogP contribution in [0.15, 0.2) is 61.2 Å². The lowest BCUT2D eigenvalue weighted by Gasteiger charge is -2.08. The zero-order valence-electron chi connectivity index (χ0n) is 14.6. The summed E-state index contributed by atoms with van der Waals surface area (Å²) >= 11 is 0. The van der Waals surface area contributed by atoms with Crippen LogP contribution in [-0.4, -0.2) is 26.8 Å². The molecule has 2 aromatic heterocycles. The maximum absolute atomic E-state index is 12.3. The van der Waals surface area contributed by atoms with Gasteiger partial charge in [0.15, 0.2) is 0 Å². The molecule has 136 valence electrons. The van der Waals surface area contributed by atoms with Gasteiger partial charge in [-0.05, 0) is 42.0 Å². The minimum absolute atomic E-state index is 0.151. The second-order valence-electron chi connectivity index (χ2n) is 5.72. The number of benzene rings is 1. The number of aromatic nitrogens is 3. The van der Waals surface area contributed by atoms with Crippen molar-refractivity contribution in [1.82, 2.24) is 15.0 Å². The van der Waals surface area contributed by atoms with E-state index in [2.05, 4.69) is 30.9 Å². The summed E-state index contributed by atoms with van der Waals surface area (Å²) in [6.07, 6.45) is 6.35. The molecule has 0 aliphatic heterocycles. The van der Waals surface area contributed by atoms with Crippen molar-refractivity contribution in [2.24, 2.45) is 0 Å². The van der Waals surface area contributed by atoms with E-state index in [1.165, 1.54) is 19.3 Å². The Bertz CT molecular complexity index is 911. The second kappa shape index (κ2) is 8.52. The minimum Gasteiger partial charge on any atom is -0.350 e. The molecule has 0 fully saturated rings. The Morgan fingerprint density at radius 3 is 2.07 bits per heavy atom. The van der Waals surface area contributed by atoms with Gasteiger partial charge in [0.25, 0.3) is 5.91 Å². The molecule has 1 aromatic carbocycles. The van der Waals surface area contributed by atoms with Crippen molar-refractivity contribution in [3.63, 3.8) is 0 Å². The van der Waals surface area contributed by atoms with E-state index < -0.39 is 0 Å². The highest BCUT2D eigenvalue weighted by atomic mass is 16.2. The van der Waals surface area contributed by atoms with Gasteiger partial charge in [-0.3, -0.25) is 14.6 Å². The molecule has 0 spiro atoms. The van der Waals surface area contributed by atoms with Gasteiger partial charge in [-0.25, -0.2) is 9.97 Å². The fourth-order valence-corrected chi connectivity index (χ4v) is 2.26. The van der Waals surface area contributed by atoms with Gasteiger partial charge >= 0.3 is 0 Å². The predicted molar refractivity (Wildman–Crippen MR) is 102 cm³/mol. The van der Waals surface area contributed by atoms with Crippen LogP contribution in [0.4, 0.5) is 17.3 Å². The number of hydrogen-bond acceptors (Lipinski definition) is 6. The molecule has 0 radical (unpaired) electrons. The van der Waals surface area contributed by atoms with Crippen molar-refractivity contribution in [3.8, 4) is 0 Å². The van der Waals surface area contributed by atoms with Crippen LogP contribution in [0.5, 0.6) is 0 Å². The Balaban J connectivity index is 1.56. The number of rotatable bonds is 6. The van der Waals surface area contributed by atoms with Crippen molar-refractivity contribution in [2.75, 3.05) is 16.0 Å². The van der Waals surface area contributed by atoms with Gasteiger partial charge in [0.05, 0.1) is 5.56 Å². The van der Waals surface area contributed by atoms with Gasteiger partial charge in [0.2, 0.25) is 11.9 Å². The van der Waals surface area contributed by atoms with Gasteiger partial charge in [-0.15, -0.1) is 0 Å². The smallest absolute Gasteiger partial charge is 0.258 e. The van der Waals surface area contributed by atoms with Crippen LogP contribution in [0.1, 0.15) is 22.8 Å². The molecule has 0 saturated carbocycles. The Hall–Kier alpha value is -3.81. The van der Waals surface area contributed by atoms with Gasteiger partial charge < -0.3 is 16.0 Å². The Morgan fingerprint density at radius 2 is 1.48 bits per heavy atom. The molecule has 0 saturated heterocycles. The van der Waals surface area contributed by atoms with Crippen LogP contribution in [0.3, 0.4) is 0 Å². The molecular weight excluding hydrogens is 344 g/mol. The number of hydrogen-bond donors (Lipinski definition) is 3. The molecule has 2 amide bonds. The first-order valence-corrected chi connectivity index (χ1v) is 8.24. The van der Waals surface area contributed by atoms with Crippen LogP contribution in [0, 0.1) is 0 Å². The number of carbonyl (C=O) groups excluding carboxylic acids is 2. The van der Waals surface area contributed by atoms with Crippen molar-refractivity contribution < 1.29 is 9.59 Å². The Kier molecular flexibility index (Phi) is 5.68. The van der Waals surface area contributed by atoms with Crippen molar-refractivity contribution in [3.05, 3.63) is 72.3 Å². The highest BCUT2D eigenvalue weighted by Gasteiger charge is 2.08. The molecule has 27 heavy (non-hydrogen) atoms. The summed E-state index contributed by atoms with van der Waals surface area (Å²) in [7, 11) is 0. The Labute approximate surface area is 156 Å². The fourth-order valence-electron chi connectivity index (χ4n) is 2.26. The lowest BCUT2D eigenvalue weighted by molar-refractivity contribution is -0.114. The van der Waals surface area contributed by atoms with Gasteiger partial charge in [-0.1, -0.05) is 0 Å². The molecule has 0 unspecified atom stereocenters. The van der Waals surface area contributed by atoms with E-state index >= 15 is 0 Å². The van der Waals surface area contributed by atoms with E-state index in [0.717, 1.165) is 5.56 Å². The number of anilines is 3. The maximum atomic E-state index is 12.3. The zero-order chi connectivity index (χ0) is 19.1. The lowest BCUT2D eigenvalue weighted by atomic mass is 10.2. The highest BCUT2D eigenvalue weighted by Crippen LogP contribution is 2.14. The molecule has 3 N–H and O–H groups in total. The third-order valence-electron chi connectivity index (χ3n) is 3.58. The minimum atomic E-state index is -0.317. The number of carbonyl (C=O) groups is 2. The SMILES string of the molecule is CC(=O)Nc1ccc(NC(=O)c2cnc(NCc3ccncc3)nc2)cc1. The van der Waals surface area contributed by atoms with E-state index in [4.69, 9.17) is 0 Å². The summed E-state index contributed by atoms with van der Waals surface area (Å²) in [6, 6.07) is 10.6. The fraction of sp³-hybridized carbons (Fsp3) is 0.105. The van der Waals surface area contributed by atoms with Gasteiger partial charge in [0.1, 0.15) is 0 Å². The number of amides is 2. The van der Waals surface area contributed by atoms with Crippen molar-refractivity contribution in [1.29, 1.82) is 0 Å². The molecule has 2 heterocycles. The van der Waals surface area contributed by atoms with Crippen LogP contribution >= 0.6 is 0 Å². The van der Waals surface area contributed by atoms with Crippen LogP contribution in [0.2, 0.25) is 0 Å². The molecular formula is C19H18N6O2. The third-order valence-corrected chi connectivity index (χ3v) is 3.58. The van der Waals surface area contributed by atoms with E-state index in [1.54, 1.807) is 36.7 Å². The first kappa shape index (κ1) is 18.0. The van der Waals surface area contributed by atoms with Crippen LogP contribution in [-0.2, 0) is 11.3 Å². The zero-order valence-corrected chi connectivity index (χ0v) is 14.6. The average molecular weight is 362 g/mol. The first-order valence-electron chi connectivity index (χ1n) is 8.24. The molecule has 0 atom stereocenters. The van der Waals surface area contributed by atoms with Crippen molar-refractivity contribution >= 4 is 29.1 Å². The standard InChI is InChI=1S/C19H18N6O2/c1-13(26)24-16-2-4-17(5-3-16)25-18(27)15-11-22-19(23-12-15)21-10-14-6-8-20-9-7-14/h2-9,11-12H,10H2,1H3,(H,24,26)(H,25,27)(H,21,22,23). The van der Waals surface area contributed by atoms with Gasteiger partial charge in [-0.2, -0.15) is 0 Å². The summed E-state index contributed by atoms with van der Waals surface area (Å²) < 4.78 is 0. The summed E-state index contributed by atoms with van der Waals surface area (Å²) in [4.78, 5) is 35.6. The topological polar surface area (TPSA) is 109 Å². The summed E-state index contributed by atoms with van der Waals surface area (Å²) in [5, 5.41) is 8.50. The highest BCUT2D eigenvalue weighted by molar-refractivity contribution is 6.04. The van der Waals surface area contributed by atoms with Crippen molar-refractivity contribution in [2.45, 2.75) is 13.5 Å². The van der Waals surface area contributed by atoms with Crippen LogP contribution < -0.4 is 16.0 Å². The summed E-state index contributed by atoms with van der Waals surface area (Å²) in [5.41, 5.74) is 2.66. The lowest BCUT2D eigenvalue weighted by Crippen LogP contribution is -2.13. The van der Waals surface area contributed by atoms with E-state index in [-0.39, 0.29) is 11.8 Å². The maximum Gasteiger partial charge on any atom is 0.258 e. The normalized spacial score (nSPS) is 10.1. The van der Waals surface area contributed by atoms with E-state index in [0.29, 0.717) is 29.4 Å². The molecule has 3 rings (SSSR count). The molecule has 8 heteroatoms. The van der Waals surface area contributed by atoms with E-state index in [1.807, 2.05) is 12.1 Å². The molecule has 8 nitrogen and oxygen atoms in total. The molecule has 3 aromatic rings. The quantitative estimate of drug-likeness (QED) is 0.622. The third kappa shape index (κ3) is 5.33. The number of nitrogens with zero attached hydrogens (tertiary/aromatic N) is 3. The predicted octanol–water partition coefficient (Wildman–Crippen LogP) is 2.69. The van der Waals surface area contributed by atoms with Crippen LogP contribution in [0.25, 0.3) is 0 Å². The summed E-state index contributed by atoms with van der Waals surface area (Å²) in [5.74, 6) is -0.0347. The molecule has 0 aliphatic rings. The first-order chi connectivity index (χ1) is 13.1. The monoisotopic (exact) mass is 362 g/mol. The van der Waals surface area contributed by atoms with Gasteiger partial charge in [0, 0.05) is 49.6 Å². The second-order valence-corrected chi connectivity index (χ2v) is 5.72.